The average Bonchev–Trinajstić information content (AvgIpc) is 3.96. The van der Waals surface area contributed by atoms with Gasteiger partial charge in [-0.2, -0.15) is 0 Å². The molecule has 270 valence electrons. The summed E-state index contributed by atoms with van der Waals surface area (Å²) >= 11 is 0. The van der Waals surface area contributed by atoms with E-state index in [9.17, 15) is 0 Å². The van der Waals surface area contributed by atoms with Gasteiger partial charge in [-0.15, -0.1) is 0 Å². The van der Waals surface area contributed by atoms with Gasteiger partial charge < -0.3 is 18.1 Å². The van der Waals surface area contributed by atoms with Gasteiger partial charge in [0.25, 0.3) is 0 Å². The minimum atomic E-state index is 0.852. The fourth-order valence-corrected chi connectivity index (χ4v) is 9.69. The van der Waals surface area contributed by atoms with Crippen molar-refractivity contribution in [3.63, 3.8) is 0 Å². The van der Waals surface area contributed by atoms with Crippen molar-refractivity contribution in [3.05, 3.63) is 200 Å². The summed E-state index contributed by atoms with van der Waals surface area (Å²) < 4.78 is 11.8. The molecule has 4 heteroatoms. The standard InChI is InChI=1S/C54H33N3O/c1-3-14-34(15-4-1)36-30-37(35-16-5-2-6-17-35)32-39(31-36)55(49-24-13-21-45-42-20-9-12-25-51(42)58-54(45)49)38-26-29-48-50(33-38)57-47-23-11-8-19-41(47)44-28-27-43-40-18-7-10-22-46(40)56(48)52(43)53(44)57/h1-33H. The smallest absolute Gasteiger partial charge is 0.159 e. The van der Waals surface area contributed by atoms with Crippen LogP contribution in [0, 0.1) is 0 Å². The number of anilines is 3. The Morgan fingerprint density at radius 1 is 0.328 bits per heavy atom. The fraction of sp³-hybridized carbons (Fsp3) is 0. The van der Waals surface area contributed by atoms with Gasteiger partial charge in [0.1, 0.15) is 5.58 Å². The van der Waals surface area contributed by atoms with Gasteiger partial charge in [-0.05, 0) is 82.9 Å². The highest BCUT2D eigenvalue weighted by Crippen LogP contribution is 2.47. The van der Waals surface area contributed by atoms with Crippen molar-refractivity contribution in [1.29, 1.82) is 0 Å². The summed E-state index contributed by atoms with van der Waals surface area (Å²) in [4.78, 5) is 2.40. The highest BCUT2D eigenvalue weighted by atomic mass is 16.3. The number of hydrogen-bond donors (Lipinski definition) is 0. The summed E-state index contributed by atoms with van der Waals surface area (Å²) in [7, 11) is 0. The van der Waals surface area contributed by atoms with Crippen molar-refractivity contribution in [1.82, 2.24) is 8.80 Å². The Morgan fingerprint density at radius 3 is 1.53 bits per heavy atom. The van der Waals surface area contributed by atoms with E-state index >= 15 is 0 Å². The summed E-state index contributed by atoms with van der Waals surface area (Å²) in [5, 5.41) is 7.24. The molecule has 0 unspecified atom stereocenters. The van der Waals surface area contributed by atoms with Crippen molar-refractivity contribution in [2.75, 3.05) is 4.90 Å². The van der Waals surface area contributed by atoms with E-state index in [0.29, 0.717) is 0 Å². The SMILES string of the molecule is c1ccc(-c2cc(-c3ccccc3)cc(N(c3ccc4c(c3)n3c5ccccc5c5ccc6c7ccccc7n4c6c53)c3cccc4c3oc3ccccc34)c2)cc1. The predicted molar refractivity (Wildman–Crippen MR) is 242 cm³/mol. The van der Waals surface area contributed by atoms with Crippen LogP contribution in [0.5, 0.6) is 0 Å². The molecular formula is C54H33N3O. The van der Waals surface area contributed by atoms with E-state index in [-0.39, 0.29) is 0 Å². The maximum Gasteiger partial charge on any atom is 0.159 e. The molecule has 0 radical (unpaired) electrons. The first-order valence-electron chi connectivity index (χ1n) is 19.8. The van der Waals surface area contributed by atoms with Crippen LogP contribution in [0.25, 0.3) is 98.8 Å². The van der Waals surface area contributed by atoms with Crippen LogP contribution in [0.3, 0.4) is 0 Å². The zero-order chi connectivity index (χ0) is 37.9. The van der Waals surface area contributed by atoms with Crippen molar-refractivity contribution in [2.45, 2.75) is 0 Å². The third kappa shape index (κ3) is 4.34. The molecule has 58 heavy (non-hydrogen) atoms. The van der Waals surface area contributed by atoms with Gasteiger partial charge in [0.2, 0.25) is 0 Å². The van der Waals surface area contributed by atoms with Crippen molar-refractivity contribution in [3.8, 4) is 22.3 Å². The Labute approximate surface area is 333 Å². The molecule has 4 aromatic heterocycles. The molecule has 0 spiro atoms. The van der Waals surface area contributed by atoms with Gasteiger partial charge in [0, 0.05) is 43.7 Å². The topological polar surface area (TPSA) is 25.2 Å². The van der Waals surface area contributed by atoms with Crippen molar-refractivity contribution in [2.24, 2.45) is 0 Å². The molecule has 4 heterocycles. The highest BCUT2D eigenvalue weighted by molar-refractivity contribution is 6.25. The summed E-state index contributed by atoms with van der Waals surface area (Å²) in [6.07, 6.45) is 0. The van der Waals surface area contributed by atoms with Crippen molar-refractivity contribution >= 4 is 93.6 Å². The van der Waals surface area contributed by atoms with Gasteiger partial charge in [-0.3, -0.25) is 0 Å². The van der Waals surface area contributed by atoms with E-state index in [4.69, 9.17) is 4.42 Å². The third-order valence-corrected chi connectivity index (χ3v) is 12.2. The van der Waals surface area contributed by atoms with Gasteiger partial charge in [0.15, 0.2) is 5.58 Å². The van der Waals surface area contributed by atoms with E-state index in [1.54, 1.807) is 0 Å². The Morgan fingerprint density at radius 2 is 0.879 bits per heavy atom. The number of benzene rings is 9. The number of nitrogens with zero attached hydrogens (tertiary/aromatic N) is 3. The average molecular weight is 740 g/mol. The second-order valence-electron chi connectivity index (χ2n) is 15.3. The molecule has 0 fully saturated rings. The molecule has 13 rings (SSSR count). The first-order chi connectivity index (χ1) is 28.8. The number of fused-ring (bicyclic) bond motifs is 12. The molecule has 0 aliphatic carbocycles. The molecule has 0 amide bonds. The van der Waals surface area contributed by atoms with Gasteiger partial charge in [-0.25, -0.2) is 0 Å². The van der Waals surface area contributed by atoms with Crippen LogP contribution < -0.4 is 4.90 Å². The van der Waals surface area contributed by atoms with E-state index < -0.39 is 0 Å². The lowest BCUT2D eigenvalue weighted by Crippen LogP contribution is -2.11. The number of hydrogen-bond acceptors (Lipinski definition) is 2. The Bertz CT molecular complexity index is 3680. The monoisotopic (exact) mass is 739 g/mol. The van der Waals surface area contributed by atoms with Gasteiger partial charge in [-0.1, -0.05) is 140 Å². The molecule has 0 saturated heterocycles. The minimum Gasteiger partial charge on any atom is -0.454 e. The van der Waals surface area contributed by atoms with E-state index in [0.717, 1.165) is 72.3 Å². The predicted octanol–water partition coefficient (Wildman–Crippen LogP) is 14.9. The quantitative estimate of drug-likeness (QED) is 0.164. The fourth-order valence-electron chi connectivity index (χ4n) is 9.69. The van der Waals surface area contributed by atoms with Crippen LogP contribution in [0.1, 0.15) is 0 Å². The first-order valence-corrected chi connectivity index (χ1v) is 19.8. The van der Waals surface area contributed by atoms with Crippen LogP contribution in [-0.2, 0) is 0 Å². The van der Waals surface area contributed by atoms with Gasteiger partial charge in [0.05, 0.1) is 38.8 Å². The van der Waals surface area contributed by atoms with E-state index in [1.165, 1.54) is 43.6 Å². The number of furan rings is 1. The van der Waals surface area contributed by atoms with Crippen LogP contribution in [0.2, 0.25) is 0 Å². The number of para-hydroxylation sites is 4. The molecule has 4 nitrogen and oxygen atoms in total. The summed E-state index contributed by atoms with van der Waals surface area (Å²) in [6.45, 7) is 0. The third-order valence-electron chi connectivity index (χ3n) is 12.2. The second kappa shape index (κ2) is 11.8. The summed E-state index contributed by atoms with van der Waals surface area (Å²) in [5.41, 5.74) is 16.6. The van der Waals surface area contributed by atoms with E-state index in [2.05, 4.69) is 208 Å². The lowest BCUT2D eigenvalue weighted by molar-refractivity contribution is 0.669. The number of rotatable bonds is 5. The maximum atomic E-state index is 6.81. The molecule has 9 aromatic carbocycles. The molecule has 0 aliphatic rings. The van der Waals surface area contributed by atoms with Crippen LogP contribution in [0.4, 0.5) is 17.1 Å². The van der Waals surface area contributed by atoms with Crippen LogP contribution in [-0.4, -0.2) is 8.80 Å². The summed E-state index contributed by atoms with van der Waals surface area (Å²) in [5.74, 6) is 0. The molecule has 0 bridgehead atoms. The lowest BCUT2D eigenvalue weighted by Gasteiger charge is -2.27. The molecular weight excluding hydrogens is 707 g/mol. The molecule has 13 aromatic rings. The van der Waals surface area contributed by atoms with Crippen LogP contribution in [0.15, 0.2) is 205 Å². The lowest BCUT2D eigenvalue weighted by atomic mass is 9.97. The van der Waals surface area contributed by atoms with Crippen LogP contribution >= 0.6 is 0 Å². The molecule has 0 aliphatic heterocycles. The van der Waals surface area contributed by atoms with Crippen molar-refractivity contribution < 1.29 is 4.42 Å². The molecule has 0 atom stereocenters. The highest BCUT2D eigenvalue weighted by Gasteiger charge is 2.25. The first kappa shape index (κ1) is 31.4. The zero-order valence-electron chi connectivity index (χ0n) is 31.3. The Balaban J connectivity index is 1.18. The maximum absolute atomic E-state index is 6.81. The Hall–Kier alpha value is -7.82. The largest absolute Gasteiger partial charge is 0.454 e. The normalized spacial score (nSPS) is 12.1. The second-order valence-corrected chi connectivity index (χ2v) is 15.3. The van der Waals surface area contributed by atoms with Gasteiger partial charge >= 0.3 is 0 Å². The zero-order valence-corrected chi connectivity index (χ0v) is 31.3. The summed E-state index contributed by atoms with van der Waals surface area (Å²) in [6, 6.07) is 72.5. The number of aromatic nitrogens is 2. The Kier molecular flexibility index (Phi) is 6.41. The minimum absolute atomic E-state index is 0.852. The van der Waals surface area contributed by atoms with E-state index in [1.807, 2.05) is 6.07 Å². The molecule has 0 saturated carbocycles. The molecule has 0 N–H and O–H groups in total.